The number of halogens is 1. The van der Waals surface area contributed by atoms with E-state index in [-0.39, 0.29) is 61.8 Å². The maximum atomic E-state index is 13.0. The molecule has 580 valence electrons. The van der Waals surface area contributed by atoms with Crippen molar-refractivity contribution in [2.75, 3.05) is 86.7 Å². The third kappa shape index (κ3) is 26.5. The molecular formula is C78H115ClN22O6. The van der Waals surface area contributed by atoms with E-state index < -0.39 is 18.1 Å². The molecule has 2 atom stereocenters. The zero-order valence-corrected chi connectivity index (χ0v) is 63.2. The monoisotopic (exact) mass is 1490 g/mol. The van der Waals surface area contributed by atoms with Crippen LogP contribution < -0.4 is 54.0 Å². The molecule has 28 nitrogen and oxygen atoms in total. The molecule has 3 aromatic carbocycles. The summed E-state index contributed by atoms with van der Waals surface area (Å²) < 4.78 is 14.6. The highest BCUT2D eigenvalue weighted by Crippen LogP contribution is 2.30. The highest BCUT2D eigenvalue weighted by molar-refractivity contribution is 6.31. The van der Waals surface area contributed by atoms with E-state index in [0.29, 0.717) is 68.4 Å². The fourth-order valence-electron chi connectivity index (χ4n) is 14.7. The van der Waals surface area contributed by atoms with Crippen molar-refractivity contribution in [3.8, 4) is 0 Å². The summed E-state index contributed by atoms with van der Waals surface area (Å²) in [6.45, 7) is 11.2. The molecule has 29 heteroatoms. The lowest BCUT2D eigenvalue weighted by molar-refractivity contribution is -0.151. The normalized spacial score (nSPS) is 17.0. The van der Waals surface area contributed by atoms with Gasteiger partial charge in [-0.25, -0.2) is 9.97 Å². The standard InChI is InChI=1S/C40H56ClN11O3.C38H59N11O3/c41-30-13-14-34-36(25-30)47-40(45-26-33-27-52(50-49-33)22-8-20-43-19-7-21-44-31-11-5-2-6-12-31)48-38(34)46-32-17-23-51(24-18-32)37(53)16-15-35(42)39(54)55-28-29-9-3-1-4-10-29;39-33(37(51)52-31-12-4-5-13-31)16-17-35(50)48-24-18-29(19-25-48)43-36-32-14-6-7-15-34(32)44-38(45-36)42-26-30-27-49(47-46-30)23-9-21-40-20-8-22-41-28-10-2-1-3-11-28/h1,3-4,9-10,13-14,25,27,31-32,35,43-44H,2,5-8,11-12,15-24,26,28,42H2,(H2,45,46,47,48);6-7,14-15,27-29,31,33,40-41H,1-5,8-13,16-26,39H2,(H2,42,43,44,45)/t35-;33-/m00/s1. The van der Waals surface area contributed by atoms with Gasteiger partial charge in [-0.15, -0.1) is 10.2 Å². The van der Waals surface area contributed by atoms with Gasteiger partial charge < -0.3 is 73.3 Å². The van der Waals surface area contributed by atoms with Gasteiger partial charge in [-0.3, -0.25) is 28.5 Å². The number of amides is 2. The second kappa shape index (κ2) is 43.1. The highest BCUT2D eigenvalue weighted by atomic mass is 35.5. The second-order valence-electron chi connectivity index (χ2n) is 29.4. The molecular weight excluding hydrogens is 1380 g/mol. The lowest BCUT2D eigenvalue weighted by Crippen LogP contribution is -2.43. The lowest BCUT2D eigenvalue weighted by atomic mass is 9.95. The van der Waals surface area contributed by atoms with Crippen LogP contribution in [0.5, 0.6) is 0 Å². The predicted octanol–water partition coefficient (Wildman–Crippen LogP) is 9.15. The fourth-order valence-corrected chi connectivity index (χ4v) is 14.9. The second-order valence-corrected chi connectivity index (χ2v) is 29.9. The number of nitrogens with one attached hydrogen (secondary N) is 8. The van der Waals surface area contributed by atoms with Crippen molar-refractivity contribution < 1.29 is 28.7 Å². The maximum absolute atomic E-state index is 13.0. The van der Waals surface area contributed by atoms with Crippen molar-refractivity contribution in [2.24, 2.45) is 11.5 Å². The number of likely N-dealkylation sites (tertiary alicyclic amines) is 2. The van der Waals surface area contributed by atoms with Crippen LogP contribution >= 0.6 is 11.6 Å². The molecule has 2 saturated heterocycles. The van der Waals surface area contributed by atoms with Gasteiger partial charge in [-0.1, -0.05) is 103 Å². The van der Waals surface area contributed by atoms with E-state index in [0.717, 1.165) is 186 Å². The van der Waals surface area contributed by atoms with E-state index >= 15 is 0 Å². The van der Waals surface area contributed by atoms with Crippen molar-refractivity contribution >= 4 is 80.7 Å². The molecule has 0 unspecified atom stereocenters. The zero-order valence-electron chi connectivity index (χ0n) is 62.5. The Morgan fingerprint density at radius 2 is 0.981 bits per heavy atom. The molecule has 107 heavy (non-hydrogen) atoms. The van der Waals surface area contributed by atoms with Crippen LogP contribution in [-0.4, -0.2) is 191 Å². The molecule has 5 aliphatic rings. The number of para-hydroxylation sites is 1. The third-order valence-corrected chi connectivity index (χ3v) is 21.3. The third-order valence-electron chi connectivity index (χ3n) is 21.0. The van der Waals surface area contributed by atoms with Gasteiger partial charge in [0, 0.05) is 92.1 Å². The number of anilines is 4. The Kier molecular flexibility index (Phi) is 32.1. The maximum Gasteiger partial charge on any atom is 0.323 e. The van der Waals surface area contributed by atoms with Gasteiger partial charge in [0.2, 0.25) is 23.7 Å². The van der Waals surface area contributed by atoms with Crippen molar-refractivity contribution in [3.63, 3.8) is 0 Å². The lowest BCUT2D eigenvalue weighted by Gasteiger charge is -2.33. The summed E-state index contributed by atoms with van der Waals surface area (Å²) in [4.78, 5) is 73.5. The number of nitrogens with two attached hydrogens (primary N) is 2. The first-order valence-electron chi connectivity index (χ1n) is 39.8. The molecule has 3 saturated carbocycles. The largest absolute Gasteiger partial charge is 0.461 e. The minimum atomic E-state index is -0.846. The average molecular weight is 1490 g/mol. The molecule has 7 aromatic rings. The summed E-state index contributed by atoms with van der Waals surface area (Å²) in [6, 6.07) is 23.1. The number of piperidine rings is 2. The average Bonchev–Trinajstić information content (AvgIpc) is 1.09. The molecule has 2 amide bonds. The van der Waals surface area contributed by atoms with Crippen LogP contribution in [0.2, 0.25) is 5.02 Å². The summed E-state index contributed by atoms with van der Waals surface area (Å²) in [5.74, 6) is 1.58. The Hall–Kier alpha value is -8.25. The number of ether oxygens (including phenoxy) is 2. The van der Waals surface area contributed by atoms with E-state index in [1.54, 1.807) is 0 Å². The first-order chi connectivity index (χ1) is 52.4. The number of rotatable bonds is 39. The number of aromatic nitrogens is 10. The highest BCUT2D eigenvalue weighted by Gasteiger charge is 2.29. The minimum absolute atomic E-state index is 0.0139. The SMILES string of the molecule is N[C@@H](CCC(=O)N1CCC(Nc2nc(NCc3cn(CCCNCCCNC4CCCCC4)nn3)nc3cc(Cl)ccc23)CC1)C(=O)OCc1ccccc1.N[C@@H](CCC(=O)N1CCC(Nc2nc(NCc3cn(CCCNCCCNC4CCCCC4)nn3)nc3ccccc23)CC1)C(=O)OC1CCCC1. The summed E-state index contributed by atoms with van der Waals surface area (Å²) in [5, 5.41) is 48.1. The molecule has 12 N–H and O–H groups in total. The van der Waals surface area contributed by atoms with E-state index in [1.165, 1.54) is 64.2 Å². The Morgan fingerprint density at radius 1 is 0.505 bits per heavy atom. The van der Waals surface area contributed by atoms with Gasteiger partial charge in [0.1, 0.15) is 47.8 Å². The number of hydrogen-bond donors (Lipinski definition) is 10. The summed E-state index contributed by atoms with van der Waals surface area (Å²) in [7, 11) is 0. The number of benzene rings is 3. The van der Waals surface area contributed by atoms with Crippen LogP contribution in [0.3, 0.4) is 0 Å². The predicted molar refractivity (Wildman–Crippen MR) is 418 cm³/mol. The van der Waals surface area contributed by atoms with E-state index in [4.69, 9.17) is 52.5 Å². The van der Waals surface area contributed by atoms with Gasteiger partial charge in [0.05, 0.1) is 36.5 Å². The molecule has 6 heterocycles. The summed E-state index contributed by atoms with van der Waals surface area (Å²) in [6.07, 6.45) is 29.8. The van der Waals surface area contributed by atoms with Crippen LogP contribution in [0.25, 0.3) is 21.8 Å². The van der Waals surface area contributed by atoms with E-state index in [1.807, 2.05) is 104 Å². The summed E-state index contributed by atoms with van der Waals surface area (Å²) >= 11 is 6.35. The van der Waals surface area contributed by atoms with Crippen molar-refractivity contribution in [2.45, 2.75) is 242 Å². The van der Waals surface area contributed by atoms with Crippen LogP contribution in [0.15, 0.2) is 85.2 Å². The van der Waals surface area contributed by atoms with Crippen LogP contribution in [0, 0.1) is 0 Å². The molecule has 0 spiro atoms. The Balaban J connectivity index is 0.000000214. The van der Waals surface area contributed by atoms with E-state index in [2.05, 4.69) is 63.2 Å². The number of nitrogens with zero attached hydrogens (tertiary/aromatic N) is 12. The quantitative estimate of drug-likeness (QED) is 0.0127. The number of carbonyl (C=O) groups is 4. The Bertz CT molecular complexity index is 3830. The van der Waals surface area contributed by atoms with Gasteiger partial charge in [0.15, 0.2) is 0 Å². The number of aryl methyl sites for hydroxylation is 2. The van der Waals surface area contributed by atoms with Gasteiger partial charge >= 0.3 is 11.9 Å². The van der Waals surface area contributed by atoms with Gasteiger partial charge in [0.25, 0.3) is 0 Å². The molecule has 2 aliphatic heterocycles. The smallest absolute Gasteiger partial charge is 0.323 e. The van der Waals surface area contributed by atoms with E-state index in [9.17, 15) is 19.2 Å². The first-order valence-corrected chi connectivity index (χ1v) is 40.2. The Labute approximate surface area is 634 Å². The zero-order chi connectivity index (χ0) is 74.2. The molecule has 5 fully saturated rings. The first kappa shape index (κ1) is 79.8. The number of esters is 2. The number of carbonyl (C=O) groups excluding carboxylic acids is 4. The topological polar surface area (TPSA) is 354 Å². The molecule has 12 rings (SSSR count). The van der Waals surface area contributed by atoms with Crippen LogP contribution in [0.1, 0.15) is 184 Å². The minimum Gasteiger partial charge on any atom is -0.461 e. The number of fused-ring (bicyclic) bond motifs is 2. The van der Waals surface area contributed by atoms with Crippen molar-refractivity contribution in [1.82, 2.24) is 81.0 Å². The van der Waals surface area contributed by atoms with Gasteiger partial charge in [-0.2, -0.15) is 9.97 Å². The Morgan fingerprint density at radius 3 is 1.52 bits per heavy atom. The molecule has 4 aromatic heterocycles. The van der Waals surface area contributed by atoms with Crippen molar-refractivity contribution in [3.05, 3.63) is 107 Å². The fraction of sp³-hybridized carbons (Fsp3) is 0.615. The number of hydrogen-bond acceptors (Lipinski definition) is 24. The summed E-state index contributed by atoms with van der Waals surface area (Å²) in [5.41, 5.74) is 16.2. The molecule has 0 radical (unpaired) electrons. The van der Waals surface area contributed by atoms with Crippen molar-refractivity contribution in [1.29, 1.82) is 0 Å². The molecule has 0 bridgehead atoms. The molecule has 3 aliphatic carbocycles. The van der Waals surface area contributed by atoms with Crippen LogP contribution in [-0.2, 0) is 61.4 Å². The van der Waals surface area contributed by atoms with Crippen LogP contribution in [0.4, 0.5) is 23.5 Å². The van der Waals surface area contributed by atoms with Gasteiger partial charge in [-0.05, 0) is 191 Å².